The monoisotopic (exact) mass is 289 g/mol. The second-order valence-corrected chi connectivity index (χ2v) is 5.84. The molecular formula is C17H27N3O. The predicted octanol–water partition coefficient (Wildman–Crippen LogP) is 2.16. The summed E-state index contributed by atoms with van der Waals surface area (Å²) in [6, 6.07) is 8.34. The van der Waals surface area contributed by atoms with Crippen molar-refractivity contribution in [2.75, 3.05) is 37.6 Å². The van der Waals surface area contributed by atoms with Gasteiger partial charge in [-0.1, -0.05) is 12.1 Å². The Balaban J connectivity index is 2.03. The zero-order valence-electron chi connectivity index (χ0n) is 13.1. The summed E-state index contributed by atoms with van der Waals surface area (Å²) in [7, 11) is 0. The highest BCUT2D eigenvalue weighted by Crippen LogP contribution is 2.17. The molecule has 0 unspecified atom stereocenters. The summed E-state index contributed by atoms with van der Waals surface area (Å²) < 4.78 is 0. The zero-order valence-corrected chi connectivity index (χ0v) is 13.1. The second kappa shape index (κ2) is 8.03. The molecular weight excluding hydrogens is 262 g/mol. The van der Waals surface area contributed by atoms with Crippen molar-refractivity contribution in [3.63, 3.8) is 0 Å². The molecule has 0 atom stereocenters. The standard InChI is InChI=1S/C17H27N3O/c1-15-7-5-8-16(13-15)20(12-6-9-18)14-17(21)19-10-3-2-4-11-19/h5,7-8,13H,2-4,6,9-12,14,18H2,1H3. The lowest BCUT2D eigenvalue weighted by Crippen LogP contribution is -2.43. The Hall–Kier alpha value is -1.55. The van der Waals surface area contributed by atoms with Gasteiger partial charge in [0.1, 0.15) is 0 Å². The van der Waals surface area contributed by atoms with Gasteiger partial charge >= 0.3 is 0 Å². The summed E-state index contributed by atoms with van der Waals surface area (Å²) >= 11 is 0. The first-order valence-corrected chi connectivity index (χ1v) is 8.00. The third-order valence-electron chi connectivity index (χ3n) is 4.03. The molecule has 1 amide bonds. The largest absolute Gasteiger partial charge is 0.362 e. The Bertz CT molecular complexity index is 455. The van der Waals surface area contributed by atoms with Crippen molar-refractivity contribution >= 4 is 11.6 Å². The van der Waals surface area contributed by atoms with Crippen LogP contribution in [0.5, 0.6) is 0 Å². The molecule has 0 spiro atoms. The van der Waals surface area contributed by atoms with Crippen molar-refractivity contribution in [2.45, 2.75) is 32.6 Å². The molecule has 1 saturated heterocycles. The van der Waals surface area contributed by atoms with E-state index in [1.165, 1.54) is 12.0 Å². The fourth-order valence-corrected chi connectivity index (χ4v) is 2.81. The minimum absolute atomic E-state index is 0.244. The average molecular weight is 289 g/mol. The van der Waals surface area contributed by atoms with Gasteiger partial charge in [0.2, 0.25) is 5.91 Å². The summed E-state index contributed by atoms with van der Waals surface area (Å²) in [6.45, 7) is 5.86. The molecule has 1 heterocycles. The number of aryl methyl sites for hydroxylation is 1. The number of piperidine rings is 1. The molecule has 1 aliphatic heterocycles. The van der Waals surface area contributed by atoms with Crippen LogP contribution < -0.4 is 10.6 Å². The minimum Gasteiger partial charge on any atom is -0.362 e. The van der Waals surface area contributed by atoms with Crippen molar-refractivity contribution in [3.8, 4) is 0 Å². The van der Waals surface area contributed by atoms with E-state index in [1.807, 2.05) is 11.0 Å². The van der Waals surface area contributed by atoms with Gasteiger partial charge in [-0.25, -0.2) is 0 Å². The minimum atomic E-state index is 0.244. The highest BCUT2D eigenvalue weighted by molar-refractivity contribution is 5.81. The lowest BCUT2D eigenvalue weighted by atomic mass is 10.1. The van der Waals surface area contributed by atoms with E-state index in [9.17, 15) is 4.79 Å². The molecule has 1 aliphatic rings. The van der Waals surface area contributed by atoms with Crippen LogP contribution in [-0.4, -0.2) is 43.5 Å². The van der Waals surface area contributed by atoms with Crippen LogP contribution >= 0.6 is 0 Å². The molecule has 4 heteroatoms. The SMILES string of the molecule is Cc1cccc(N(CCCN)CC(=O)N2CCCCC2)c1. The van der Waals surface area contributed by atoms with Crippen LogP contribution in [0, 0.1) is 6.92 Å². The predicted molar refractivity (Wildman–Crippen MR) is 87.5 cm³/mol. The molecule has 116 valence electrons. The van der Waals surface area contributed by atoms with E-state index in [0.717, 1.165) is 44.6 Å². The Morgan fingerprint density at radius 1 is 1.29 bits per heavy atom. The molecule has 1 fully saturated rings. The Morgan fingerprint density at radius 2 is 2.05 bits per heavy atom. The van der Waals surface area contributed by atoms with Gasteiger partial charge in [-0.2, -0.15) is 0 Å². The third kappa shape index (κ3) is 4.74. The molecule has 21 heavy (non-hydrogen) atoms. The first kappa shape index (κ1) is 15.8. The number of nitrogens with zero attached hydrogens (tertiary/aromatic N) is 2. The van der Waals surface area contributed by atoms with Crippen molar-refractivity contribution in [2.24, 2.45) is 5.73 Å². The molecule has 2 N–H and O–H groups in total. The van der Waals surface area contributed by atoms with Gasteiger partial charge in [0.25, 0.3) is 0 Å². The molecule has 1 aromatic rings. The molecule has 0 aromatic heterocycles. The van der Waals surface area contributed by atoms with Crippen LogP contribution in [0.25, 0.3) is 0 Å². The highest BCUT2D eigenvalue weighted by atomic mass is 16.2. The molecule has 0 bridgehead atoms. The lowest BCUT2D eigenvalue weighted by molar-refractivity contribution is -0.130. The quantitative estimate of drug-likeness (QED) is 0.873. The highest BCUT2D eigenvalue weighted by Gasteiger charge is 2.19. The first-order valence-electron chi connectivity index (χ1n) is 8.00. The Kier molecular flexibility index (Phi) is 6.05. The van der Waals surface area contributed by atoms with Crippen molar-refractivity contribution in [1.29, 1.82) is 0 Å². The number of carbonyl (C=O) groups is 1. The van der Waals surface area contributed by atoms with E-state index < -0.39 is 0 Å². The number of benzene rings is 1. The van der Waals surface area contributed by atoms with E-state index in [-0.39, 0.29) is 5.91 Å². The second-order valence-electron chi connectivity index (χ2n) is 5.84. The summed E-state index contributed by atoms with van der Waals surface area (Å²) in [5.41, 5.74) is 7.97. The van der Waals surface area contributed by atoms with Crippen molar-refractivity contribution in [1.82, 2.24) is 4.90 Å². The smallest absolute Gasteiger partial charge is 0.242 e. The number of amides is 1. The molecule has 0 saturated carbocycles. The van der Waals surface area contributed by atoms with Crippen LogP contribution in [-0.2, 0) is 4.79 Å². The van der Waals surface area contributed by atoms with Gasteiger partial charge < -0.3 is 15.5 Å². The molecule has 4 nitrogen and oxygen atoms in total. The normalized spacial score (nSPS) is 15.0. The van der Waals surface area contributed by atoms with Gasteiger partial charge in [0.15, 0.2) is 0 Å². The summed E-state index contributed by atoms with van der Waals surface area (Å²) in [5, 5.41) is 0. The van der Waals surface area contributed by atoms with Crippen LogP contribution in [0.2, 0.25) is 0 Å². The average Bonchev–Trinajstić information content (AvgIpc) is 2.52. The fourth-order valence-electron chi connectivity index (χ4n) is 2.81. The van der Waals surface area contributed by atoms with Crippen molar-refractivity contribution < 1.29 is 4.79 Å². The summed E-state index contributed by atoms with van der Waals surface area (Å²) in [4.78, 5) is 16.7. The van der Waals surface area contributed by atoms with E-state index >= 15 is 0 Å². The lowest BCUT2D eigenvalue weighted by Gasteiger charge is -2.31. The van der Waals surface area contributed by atoms with Crippen LogP contribution in [0.1, 0.15) is 31.2 Å². The molecule has 0 aliphatic carbocycles. The molecule has 0 radical (unpaired) electrons. The van der Waals surface area contributed by atoms with Gasteiger partial charge in [-0.15, -0.1) is 0 Å². The van der Waals surface area contributed by atoms with Crippen LogP contribution in [0.3, 0.4) is 0 Å². The fraction of sp³-hybridized carbons (Fsp3) is 0.588. The van der Waals surface area contributed by atoms with Gasteiger partial charge in [-0.3, -0.25) is 4.79 Å². The number of hydrogen-bond donors (Lipinski definition) is 1. The Morgan fingerprint density at radius 3 is 2.71 bits per heavy atom. The number of likely N-dealkylation sites (tertiary alicyclic amines) is 1. The number of hydrogen-bond acceptors (Lipinski definition) is 3. The van der Waals surface area contributed by atoms with E-state index in [4.69, 9.17) is 5.73 Å². The Labute approximate surface area is 127 Å². The first-order chi connectivity index (χ1) is 10.2. The van der Waals surface area contributed by atoms with Gasteiger partial charge in [0.05, 0.1) is 6.54 Å². The van der Waals surface area contributed by atoms with E-state index in [2.05, 4.69) is 30.0 Å². The maximum atomic E-state index is 12.5. The van der Waals surface area contributed by atoms with Gasteiger partial charge in [0, 0.05) is 25.3 Å². The van der Waals surface area contributed by atoms with Crippen LogP contribution in [0.15, 0.2) is 24.3 Å². The number of nitrogens with two attached hydrogens (primary N) is 1. The maximum Gasteiger partial charge on any atom is 0.242 e. The zero-order chi connectivity index (χ0) is 15.1. The molecule has 1 aromatic carbocycles. The summed E-state index contributed by atoms with van der Waals surface area (Å²) in [6.07, 6.45) is 4.43. The van der Waals surface area contributed by atoms with E-state index in [0.29, 0.717) is 13.1 Å². The maximum absolute atomic E-state index is 12.5. The number of carbonyl (C=O) groups excluding carboxylic acids is 1. The topological polar surface area (TPSA) is 49.6 Å². The third-order valence-corrected chi connectivity index (χ3v) is 4.03. The van der Waals surface area contributed by atoms with Crippen LogP contribution in [0.4, 0.5) is 5.69 Å². The van der Waals surface area contributed by atoms with E-state index in [1.54, 1.807) is 0 Å². The summed E-state index contributed by atoms with van der Waals surface area (Å²) in [5.74, 6) is 0.244. The molecule has 2 rings (SSSR count). The number of rotatable bonds is 6. The van der Waals surface area contributed by atoms with Gasteiger partial charge in [-0.05, 0) is 56.8 Å². The van der Waals surface area contributed by atoms with Crippen molar-refractivity contribution in [3.05, 3.63) is 29.8 Å². The number of anilines is 1.